The van der Waals surface area contributed by atoms with E-state index in [0.717, 1.165) is 54.1 Å². The van der Waals surface area contributed by atoms with Gasteiger partial charge in [-0.15, -0.1) is 0 Å². The van der Waals surface area contributed by atoms with Gasteiger partial charge in [-0.05, 0) is 44.2 Å². The van der Waals surface area contributed by atoms with Crippen molar-refractivity contribution in [3.8, 4) is 5.75 Å². The Morgan fingerprint density at radius 2 is 1.76 bits per heavy atom. The fourth-order valence-corrected chi connectivity index (χ4v) is 6.06. The van der Waals surface area contributed by atoms with Crippen molar-refractivity contribution in [2.75, 3.05) is 32.8 Å². The second-order valence-electron chi connectivity index (χ2n) is 11.3. The third-order valence-electron chi connectivity index (χ3n) is 8.00. The lowest BCUT2D eigenvalue weighted by Gasteiger charge is -2.44. The SMILES string of the molecule is CCC1CN(CCOc2cc(F)c([C@@H]3c4[nH]c5ccccc5c4C[C@@H](CC)N3CC(C)(C)F)c(F)c2)C1. The van der Waals surface area contributed by atoms with Crippen LogP contribution in [0.1, 0.15) is 63.4 Å². The number of nitrogens with zero attached hydrogens (tertiary/aromatic N) is 2. The molecule has 2 aliphatic rings. The quantitative estimate of drug-likeness (QED) is 0.348. The van der Waals surface area contributed by atoms with Crippen molar-refractivity contribution in [2.24, 2.45) is 5.92 Å². The van der Waals surface area contributed by atoms with E-state index in [0.29, 0.717) is 13.0 Å². The molecule has 5 rings (SSSR count). The maximum atomic E-state index is 15.8. The number of para-hydroxylation sites is 1. The van der Waals surface area contributed by atoms with Crippen molar-refractivity contribution in [1.82, 2.24) is 14.8 Å². The Hall–Kier alpha value is -2.51. The van der Waals surface area contributed by atoms with Crippen LogP contribution < -0.4 is 4.74 Å². The van der Waals surface area contributed by atoms with Crippen molar-refractivity contribution < 1.29 is 17.9 Å². The van der Waals surface area contributed by atoms with E-state index in [1.54, 1.807) is 0 Å². The molecule has 0 amide bonds. The Labute approximate surface area is 217 Å². The van der Waals surface area contributed by atoms with E-state index >= 15 is 13.2 Å². The van der Waals surface area contributed by atoms with Gasteiger partial charge in [-0.3, -0.25) is 9.80 Å². The predicted octanol–water partition coefficient (Wildman–Crippen LogP) is 6.64. The molecule has 3 aromatic rings. The van der Waals surface area contributed by atoms with Crippen LogP contribution in [0, 0.1) is 17.6 Å². The number of likely N-dealkylation sites (tertiary alicyclic amines) is 1. The molecule has 0 unspecified atom stereocenters. The molecule has 3 heterocycles. The standard InChI is InChI=1S/C30H38F3N3O/c1-5-19-16-35(17-19)11-12-37-21-14-24(31)27(25(32)15-21)29-28-23(22-9-7-8-10-26(22)34-28)13-20(6-2)36(29)18-30(3,4)33/h7-10,14-15,19-20,29,34H,5-6,11-13,16-18H2,1-4H3/t20-,29-/m1/s1. The van der Waals surface area contributed by atoms with E-state index in [2.05, 4.69) is 16.8 Å². The first-order chi connectivity index (χ1) is 17.7. The number of halogens is 3. The maximum Gasteiger partial charge on any atom is 0.135 e. The van der Waals surface area contributed by atoms with Gasteiger partial charge >= 0.3 is 0 Å². The summed E-state index contributed by atoms with van der Waals surface area (Å²) in [5.74, 6) is -0.414. The van der Waals surface area contributed by atoms with Crippen LogP contribution in [0.3, 0.4) is 0 Å². The minimum atomic E-state index is -1.53. The molecule has 1 saturated heterocycles. The van der Waals surface area contributed by atoms with E-state index < -0.39 is 23.3 Å². The van der Waals surface area contributed by atoms with E-state index in [4.69, 9.17) is 4.74 Å². The third-order valence-corrected chi connectivity index (χ3v) is 8.00. The second-order valence-corrected chi connectivity index (χ2v) is 11.3. The summed E-state index contributed by atoms with van der Waals surface area (Å²) in [5, 5.41) is 1.05. The minimum absolute atomic E-state index is 0.0510. The summed E-state index contributed by atoms with van der Waals surface area (Å²) in [6.07, 6.45) is 2.61. The van der Waals surface area contributed by atoms with Crippen molar-refractivity contribution in [3.63, 3.8) is 0 Å². The number of aromatic nitrogens is 1. The fourth-order valence-electron chi connectivity index (χ4n) is 6.06. The number of hydrogen-bond donors (Lipinski definition) is 1. The molecule has 1 fully saturated rings. The average molecular weight is 514 g/mol. The molecule has 1 aromatic heterocycles. The van der Waals surface area contributed by atoms with Gasteiger partial charge in [0.2, 0.25) is 0 Å². The highest BCUT2D eigenvalue weighted by molar-refractivity contribution is 5.85. The van der Waals surface area contributed by atoms with E-state index in [1.165, 1.54) is 32.4 Å². The topological polar surface area (TPSA) is 31.5 Å². The summed E-state index contributed by atoms with van der Waals surface area (Å²) >= 11 is 0. The zero-order valence-corrected chi connectivity index (χ0v) is 22.3. The number of fused-ring (bicyclic) bond motifs is 3. The smallest absolute Gasteiger partial charge is 0.135 e. The highest BCUT2D eigenvalue weighted by atomic mass is 19.1. The van der Waals surface area contributed by atoms with Crippen LogP contribution >= 0.6 is 0 Å². The molecule has 0 spiro atoms. The molecule has 37 heavy (non-hydrogen) atoms. The molecule has 0 saturated carbocycles. The zero-order valence-electron chi connectivity index (χ0n) is 22.3. The molecule has 7 heteroatoms. The normalized spacial score (nSPS) is 21.3. The van der Waals surface area contributed by atoms with E-state index in [-0.39, 0.29) is 23.9 Å². The molecular weight excluding hydrogens is 475 g/mol. The molecule has 4 nitrogen and oxygen atoms in total. The zero-order chi connectivity index (χ0) is 26.3. The van der Waals surface area contributed by atoms with Gasteiger partial charge in [-0.1, -0.05) is 38.5 Å². The number of ether oxygens (including phenoxy) is 1. The van der Waals surface area contributed by atoms with Gasteiger partial charge in [-0.25, -0.2) is 13.2 Å². The Balaban J connectivity index is 1.49. The van der Waals surface area contributed by atoms with Crippen LogP contribution in [0.4, 0.5) is 13.2 Å². The van der Waals surface area contributed by atoms with E-state index in [9.17, 15) is 0 Å². The number of benzene rings is 2. The Morgan fingerprint density at radius 3 is 2.41 bits per heavy atom. The molecule has 1 N–H and O–H groups in total. The lowest BCUT2D eigenvalue weighted by Crippen LogP contribution is -2.49. The first-order valence-corrected chi connectivity index (χ1v) is 13.6. The highest BCUT2D eigenvalue weighted by Crippen LogP contribution is 2.44. The third kappa shape index (κ3) is 5.26. The van der Waals surface area contributed by atoms with Gasteiger partial charge in [0, 0.05) is 66.5 Å². The van der Waals surface area contributed by atoms with Gasteiger partial charge < -0.3 is 9.72 Å². The summed E-state index contributed by atoms with van der Waals surface area (Å²) in [7, 11) is 0. The average Bonchev–Trinajstić information content (AvgIpc) is 3.18. The molecule has 0 aliphatic carbocycles. The summed E-state index contributed by atoms with van der Waals surface area (Å²) in [4.78, 5) is 7.65. The molecule has 0 radical (unpaired) electrons. The first kappa shape index (κ1) is 26.1. The minimum Gasteiger partial charge on any atom is -0.492 e. The summed E-state index contributed by atoms with van der Waals surface area (Å²) < 4.78 is 52.3. The van der Waals surface area contributed by atoms with Crippen LogP contribution in [0.5, 0.6) is 5.75 Å². The van der Waals surface area contributed by atoms with Gasteiger partial charge in [0.1, 0.15) is 29.7 Å². The number of H-pyrrole nitrogens is 1. The van der Waals surface area contributed by atoms with Crippen LogP contribution in [0.15, 0.2) is 36.4 Å². The largest absolute Gasteiger partial charge is 0.492 e. The maximum absolute atomic E-state index is 15.8. The van der Waals surface area contributed by atoms with Gasteiger partial charge in [0.25, 0.3) is 0 Å². The predicted molar refractivity (Wildman–Crippen MR) is 142 cm³/mol. The number of rotatable bonds is 9. The monoisotopic (exact) mass is 513 g/mol. The van der Waals surface area contributed by atoms with Crippen molar-refractivity contribution >= 4 is 10.9 Å². The van der Waals surface area contributed by atoms with Gasteiger partial charge in [0.05, 0.1) is 6.04 Å². The summed E-state index contributed by atoms with van der Waals surface area (Å²) in [6.45, 7) is 10.6. The molecule has 0 bridgehead atoms. The van der Waals surface area contributed by atoms with Crippen LogP contribution in [0.2, 0.25) is 0 Å². The molecular formula is C30H38F3N3O. The second kappa shape index (κ2) is 10.3. The fraction of sp³-hybridized carbons (Fsp3) is 0.533. The molecule has 2 aromatic carbocycles. The molecule has 200 valence electrons. The lowest BCUT2D eigenvalue weighted by atomic mass is 9.85. The summed E-state index contributed by atoms with van der Waals surface area (Å²) in [5.41, 5.74) is 1.13. The molecule has 2 atom stereocenters. The Morgan fingerprint density at radius 1 is 1.05 bits per heavy atom. The van der Waals surface area contributed by atoms with Crippen LogP contribution in [0.25, 0.3) is 10.9 Å². The molecule has 2 aliphatic heterocycles. The van der Waals surface area contributed by atoms with Crippen LogP contribution in [-0.2, 0) is 6.42 Å². The number of alkyl halides is 1. The van der Waals surface area contributed by atoms with Crippen molar-refractivity contribution in [3.05, 3.63) is 64.9 Å². The number of nitrogens with one attached hydrogen (secondary N) is 1. The summed E-state index contributed by atoms with van der Waals surface area (Å²) in [6, 6.07) is 9.66. The van der Waals surface area contributed by atoms with Crippen molar-refractivity contribution in [2.45, 2.75) is 64.7 Å². The van der Waals surface area contributed by atoms with E-state index in [1.807, 2.05) is 36.1 Å². The van der Waals surface area contributed by atoms with Gasteiger partial charge in [-0.2, -0.15) is 0 Å². The highest BCUT2D eigenvalue weighted by Gasteiger charge is 2.41. The first-order valence-electron chi connectivity index (χ1n) is 13.6. The lowest BCUT2D eigenvalue weighted by molar-refractivity contribution is 0.0561. The Kier molecular flexibility index (Phi) is 7.29. The van der Waals surface area contributed by atoms with Crippen LogP contribution in [-0.4, -0.2) is 59.3 Å². The van der Waals surface area contributed by atoms with Gasteiger partial charge in [0.15, 0.2) is 0 Å². The number of aromatic amines is 1. The Bertz CT molecular complexity index is 1220. The van der Waals surface area contributed by atoms with Crippen molar-refractivity contribution in [1.29, 1.82) is 0 Å². The number of hydrogen-bond acceptors (Lipinski definition) is 3.